The van der Waals surface area contributed by atoms with Crippen LogP contribution < -0.4 is 0 Å². The highest BCUT2D eigenvalue weighted by Gasteiger charge is 2.55. The summed E-state index contributed by atoms with van der Waals surface area (Å²) in [6.45, 7) is 2.97. The van der Waals surface area contributed by atoms with E-state index in [2.05, 4.69) is 0 Å². The molecule has 0 bridgehead atoms. The van der Waals surface area contributed by atoms with Crippen molar-refractivity contribution in [2.75, 3.05) is 13.2 Å². The van der Waals surface area contributed by atoms with Crippen LogP contribution in [-0.4, -0.2) is 24.0 Å². The highest BCUT2D eigenvalue weighted by Crippen LogP contribution is 2.47. The van der Waals surface area contributed by atoms with Gasteiger partial charge in [-0.3, -0.25) is 9.69 Å². The van der Waals surface area contributed by atoms with E-state index in [1.807, 2.05) is 31.2 Å². The van der Waals surface area contributed by atoms with Crippen LogP contribution in [0.1, 0.15) is 27.0 Å². The van der Waals surface area contributed by atoms with Crippen molar-refractivity contribution in [3.05, 3.63) is 70.5 Å². The first kappa shape index (κ1) is 12.5. The molecule has 0 saturated carbocycles. The van der Waals surface area contributed by atoms with Crippen LogP contribution in [0.25, 0.3) is 0 Å². The van der Waals surface area contributed by atoms with E-state index in [4.69, 9.17) is 4.74 Å². The minimum atomic E-state index is -0.970. The van der Waals surface area contributed by atoms with Gasteiger partial charge in [-0.25, -0.2) is 4.39 Å². The summed E-state index contributed by atoms with van der Waals surface area (Å²) in [6, 6.07) is 12.1. The second-order valence-electron chi connectivity index (χ2n) is 5.51. The summed E-state index contributed by atoms with van der Waals surface area (Å²) in [6.07, 6.45) is 0. The van der Waals surface area contributed by atoms with Gasteiger partial charge in [-0.1, -0.05) is 29.8 Å². The largest absolute Gasteiger partial charge is 0.345 e. The zero-order chi connectivity index (χ0) is 14.6. The number of halogens is 1. The Bertz CT molecular complexity index is 741. The maximum Gasteiger partial charge on any atom is 0.257 e. The van der Waals surface area contributed by atoms with Crippen LogP contribution in [0.3, 0.4) is 0 Å². The monoisotopic (exact) mass is 283 g/mol. The Hall–Kier alpha value is -2.20. The minimum Gasteiger partial charge on any atom is -0.345 e. The summed E-state index contributed by atoms with van der Waals surface area (Å²) in [5.74, 6) is -0.450. The molecule has 106 valence electrons. The first-order valence-electron chi connectivity index (χ1n) is 6.96. The number of ether oxygens (including phenoxy) is 1. The van der Waals surface area contributed by atoms with Crippen LogP contribution in [0.5, 0.6) is 0 Å². The first-order valence-corrected chi connectivity index (χ1v) is 6.96. The Morgan fingerprint density at radius 2 is 1.95 bits per heavy atom. The minimum absolute atomic E-state index is 0.0944. The van der Waals surface area contributed by atoms with E-state index >= 15 is 0 Å². The standard InChI is InChI=1S/C17H14FNO2/c1-11-2-4-12(5-3-11)17-15-10-13(18)6-7-14(15)16(20)19(17)8-9-21-17/h2-7,10H,8-9H2,1H3. The highest BCUT2D eigenvalue weighted by molar-refractivity contribution is 6.00. The van der Waals surface area contributed by atoms with Gasteiger partial charge in [0.1, 0.15) is 5.82 Å². The lowest BCUT2D eigenvalue weighted by Gasteiger charge is -2.32. The number of carbonyl (C=O) groups is 1. The molecule has 2 heterocycles. The molecule has 1 fully saturated rings. The van der Waals surface area contributed by atoms with Crippen molar-refractivity contribution >= 4 is 5.91 Å². The van der Waals surface area contributed by atoms with Gasteiger partial charge in [-0.05, 0) is 25.1 Å². The fourth-order valence-corrected chi connectivity index (χ4v) is 3.29. The van der Waals surface area contributed by atoms with E-state index in [1.165, 1.54) is 12.1 Å². The number of nitrogens with zero attached hydrogens (tertiary/aromatic N) is 1. The fourth-order valence-electron chi connectivity index (χ4n) is 3.29. The molecule has 2 aromatic rings. The number of hydrogen-bond donors (Lipinski definition) is 0. The smallest absolute Gasteiger partial charge is 0.257 e. The van der Waals surface area contributed by atoms with Gasteiger partial charge in [0.05, 0.1) is 6.61 Å². The molecular weight excluding hydrogens is 269 g/mol. The molecule has 1 saturated heterocycles. The molecule has 4 rings (SSSR count). The van der Waals surface area contributed by atoms with E-state index in [9.17, 15) is 9.18 Å². The summed E-state index contributed by atoms with van der Waals surface area (Å²) in [4.78, 5) is 14.3. The Labute approximate surface area is 122 Å². The summed E-state index contributed by atoms with van der Waals surface area (Å²) in [7, 11) is 0. The third-order valence-corrected chi connectivity index (χ3v) is 4.27. The Morgan fingerprint density at radius 1 is 1.19 bits per heavy atom. The van der Waals surface area contributed by atoms with Gasteiger partial charge in [-0.2, -0.15) is 0 Å². The van der Waals surface area contributed by atoms with Crippen LogP contribution in [-0.2, 0) is 10.5 Å². The topological polar surface area (TPSA) is 29.5 Å². The molecular formula is C17H14FNO2. The number of rotatable bonds is 1. The lowest BCUT2D eigenvalue weighted by atomic mass is 9.93. The molecule has 1 unspecified atom stereocenters. The maximum atomic E-state index is 13.7. The fraction of sp³-hybridized carbons (Fsp3) is 0.235. The van der Waals surface area contributed by atoms with Gasteiger partial charge in [0.25, 0.3) is 5.91 Å². The number of carbonyl (C=O) groups excluding carboxylic acids is 1. The summed E-state index contributed by atoms with van der Waals surface area (Å²) in [5.41, 5.74) is 2.15. The molecule has 0 N–H and O–H groups in total. The first-order chi connectivity index (χ1) is 10.1. The lowest BCUT2D eigenvalue weighted by molar-refractivity contribution is -0.0305. The zero-order valence-corrected chi connectivity index (χ0v) is 11.6. The van der Waals surface area contributed by atoms with Crippen LogP contribution in [0.2, 0.25) is 0 Å². The van der Waals surface area contributed by atoms with Gasteiger partial charge in [-0.15, -0.1) is 0 Å². The molecule has 4 heteroatoms. The molecule has 0 aromatic heterocycles. The number of aryl methyl sites for hydroxylation is 1. The number of fused-ring (bicyclic) bond motifs is 3. The molecule has 2 aliphatic heterocycles. The van der Waals surface area contributed by atoms with E-state index in [0.29, 0.717) is 24.3 Å². The SMILES string of the molecule is Cc1ccc(C23OCCN2C(=O)c2ccc(F)cc23)cc1. The number of hydrogen-bond acceptors (Lipinski definition) is 2. The number of benzene rings is 2. The molecule has 2 aliphatic rings. The molecule has 0 aliphatic carbocycles. The molecule has 0 radical (unpaired) electrons. The van der Waals surface area contributed by atoms with E-state index in [0.717, 1.165) is 11.1 Å². The van der Waals surface area contributed by atoms with Crippen LogP contribution in [0.4, 0.5) is 4.39 Å². The van der Waals surface area contributed by atoms with Gasteiger partial charge in [0, 0.05) is 23.2 Å². The predicted molar refractivity (Wildman–Crippen MR) is 75.3 cm³/mol. The summed E-state index contributed by atoms with van der Waals surface area (Å²) in [5, 5.41) is 0. The van der Waals surface area contributed by atoms with Gasteiger partial charge in [0.2, 0.25) is 0 Å². The molecule has 0 spiro atoms. The highest BCUT2D eigenvalue weighted by atomic mass is 19.1. The second-order valence-corrected chi connectivity index (χ2v) is 5.51. The molecule has 1 atom stereocenters. The van der Waals surface area contributed by atoms with Gasteiger partial charge in [0.15, 0.2) is 5.72 Å². The average molecular weight is 283 g/mol. The Balaban J connectivity index is 2.00. The van der Waals surface area contributed by atoms with Crippen molar-refractivity contribution < 1.29 is 13.9 Å². The second kappa shape index (κ2) is 4.15. The van der Waals surface area contributed by atoms with Crippen LogP contribution in [0.15, 0.2) is 42.5 Å². The molecule has 3 nitrogen and oxygen atoms in total. The molecule has 2 aromatic carbocycles. The maximum absolute atomic E-state index is 13.7. The quantitative estimate of drug-likeness (QED) is 0.805. The van der Waals surface area contributed by atoms with Gasteiger partial charge < -0.3 is 4.74 Å². The molecule has 1 amide bonds. The van der Waals surface area contributed by atoms with E-state index < -0.39 is 5.72 Å². The third-order valence-electron chi connectivity index (χ3n) is 4.27. The van der Waals surface area contributed by atoms with Crippen molar-refractivity contribution in [2.24, 2.45) is 0 Å². The van der Waals surface area contributed by atoms with Gasteiger partial charge >= 0.3 is 0 Å². The van der Waals surface area contributed by atoms with Crippen molar-refractivity contribution in [3.8, 4) is 0 Å². The van der Waals surface area contributed by atoms with Crippen LogP contribution in [0, 0.1) is 12.7 Å². The predicted octanol–water partition coefficient (Wildman–Crippen LogP) is 2.82. The van der Waals surface area contributed by atoms with Crippen molar-refractivity contribution in [1.29, 1.82) is 0 Å². The summed E-state index contributed by atoms with van der Waals surface area (Å²) < 4.78 is 19.7. The zero-order valence-electron chi connectivity index (χ0n) is 11.6. The number of amides is 1. The Morgan fingerprint density at radius 3 is 2.71 bits per heavy atom. The van der Waals surface area contributed by atoms with Crippen molar-refractivity contribution in [2.45, 2.75) is 12.6 Å². The Kier molecular flexibility index (Phi) is 2.48. The van der Waals surface area contributed by atoms with Crippen molar-refractivity contribution in [1.82, 2.24) is 4.90 Å². The summed E-state index contributed by atoms with van der Waals surface area (Å²) >= 11 is 0. The van der Waals surface area contributed by atoms with E-state index in [-0.39, 0.29) is 11.7 Å². The van der Waals surface area contributed by atoms with Crippen molar-refractivity contribution in [3.63, 3.8) is 0 Å². The molecule has 21 heavy (non-hydrogen) atoms. The van der Waals surface area contributed by atoms with E-state index in [1.54, 1.807) is 11.0 Å². The normalized spacial score (nSPS) is 23.3. The average Bonchev–Trinajstić information content (AvgIpc) is 3.00. The third kappa shape index (κ3) is 1.54. The van der Waals surface area contributed by atoms with Crippen LogP contribution >= 0.6 is 0 Å². The lowest BCUT2D eigenvalue weighted by Crippen LogP contribution is -2.40.